The van der Waals surface area contributed by atoms with Gasteiger partial charge in [-0.15, -0.1) is 10.2 Å². The lowest BCUT2D eigenvalue weighted by molar-refractivity contribution is 0.0984. The number of hydrogen-bond donors (Lipinski definition) is 0. The van der Waals surface area contributed by atoms with E-state index in [1.54, 1.807) is 0 Å². The molecular formula is C21H21F3N4. The van der Waals surface area contributed by atoms with Gasteiger partial charge in [-0.2, -0.15) is 0 Å². The number of anilines is 1. The van der Waals surface area contributed by atoms with Gasteiger partial charge in [0.1, 0.15) is 11.6 Å². The summed E-state index contributed by atoms with van der Waals surface area (Å²) in [5.41, 5.74) is 2.95. The van der Waals surface area contributed by atoms with Crippen molar-refractivity contribution in [2.45, 2.75) is 37.5 Å². The van der Waals surface area contributed by atoms with Crippen LogP contribution < -0.4 is 4.90 Å². The molecule has 7 heteroatoms. The zero-order valence-electron chi connectivity index (χ0n) is 15.4. The fourth-order valence-corrected chi connectivity index (χ4v) is 4.18. The predicted molar refractivity (Wildman–Crippen MR) is 100 cm³/mol. The minimum absolute atomic E-state index is 0.0526. The van der Waals surface area contributed by atoms with E-state index >= 15 is 0 Å². The molecule has 4 nitrogen and oxygen atoms in total. The molecule has 0 N–H and O–H groups in total. The van der Waals surface area contributed by atoms with E-state index in [0.29, 0.717) is 17.4 Å². The first-order valence-electron chi connectivity index (χ1n) is 9.71. The number of benzene rings is 1. The van der Waals surface area contributed by atoms with Gasteiger partial charge in [-0.25, -0.2) is 13.2 Å². The number of nitrogens with zero attached hydrogens (tertiary/aromatic N) is 4. The van der Waals surface area contributed by atoms with Gasteiger partial charge in [-0.05, 0) is 42.5 Å². The topological polar surface area (TPSA) is 33.4 Å². The highest BCUT2D eigenvalue weighted by molar-refractivity contribution is 5.56. The highest BCUT2D eigenvalue weighted by Gasteiger charge is 2.56. The number of aromatic nitrogens is 3. The number of fused-ring (bicyclic) bond motifs is 1. The monoisotopic (exact) mass is 386 g/mol. The number of hydrogen-bond acceptors (Lipinski definition) is 3. The highest BCUT2D eigenvalue weighted by Crippen LogP contribution is 2.50. The van der Waals surface area contributed by atoms with E-state index in [9.17, 15) is 13.2 Å². The van der Waals surface area contributed by atoms with Gasteiger partial charge < -0.3 is 4.90 Å². The summed E-state index contributed by atoms with van der Waals surface area (Å²) in [6.07, 6.45) is 4.10. The average Bonchev–Trinajstić information content (AvgIpc) is 3.11. The summed E-state index contributed by atoms with van der Waals surface area (Å²) in [5.74, 6) is -2.31. The van der Waals surface area contributed by atoms with Crippen LogP contribution in [0.4, 0.5) is 18.9 Å². The Morgan fingerprint density at radius 1 is 1.04 bits per heavy atom. The van der Waals surface area contributed by atoms with Crippen LogP contribution in [0.3, 0.4) is 0 Å². The van der Waals surface area contributed by atoms with Gasteiger partial charge in [-0.1, -0.05) is 12.1 Å². The second-order valence-electron chi connectivity index (χ2n) is 7.91. The van der Waals surface area contributed by atoms with Gasteiger partial charge in [0.05, 0.1) is 0 Å². The molecule has 2 aliphatic rings. The van der Waals surface area contributed by atoms with Crippen LogP contribution in [0.1, 0.15) is 36.6 Å². The smallest absolute Gasteiger partial charge is 0.252 e. The van der Waals surface area contributed by atoms with Crippen molar-refractivity contribution in [2.24, 2.45) is 5.92 Å². The summed E-state index contributed by atoms with van der Waals surface area (Å²) >= 11 is 0. The van der Waals surface area contributed by atoms with E-state index in [-0.39, 0.29) is 18.7 Å². The maximum Gasteiger partial charge on any atom is 0.252 e. The molecule has 5 rings (SSSR count). The molecule has 146 valence electrons. The first kappa shape index (κ1) is 17.5. The van der Waals surface area contributed by atoms with Crippen molar-refractivity contribution in [1.29, 1.82) is 0 Å². The van der Waals surface area contributed by atoms with Crippen LogP contribution in [0.5, 0.6) is 0 Å². The second-order valence-corrected chi connectivity index (χ2v) is 7.91. The summed E-state index contributed by atoms with van der Waals surface area (Å²) in [6.45, 7) is 1.82. The van der Waals surface area contributed by atoms with Crippen molar-refractivity contribution in [3.63, 3.8) is 0 Å². The van der Waals surface area contributed by atoms with Crippen molar-refractivity contribution >= 4 is 11.3 Å². The van der Waals surface area contributed by atoms with Crippen LogP contribution in [-0.2, 0) is 6.42 Å². The lowest BCUT2D eigenvalue weighted by Gasteiger charge is -2.33. The van der Waals surface area contributed by atoms with Crippen LogP contribution in [0.2, 0.25) is 0 Å². The summed E-state index contributed by atoms with van der Waals surface area (Å²) in [6, 6.07) is 10.8. The maximum atomic E-state index is 13.2. The van der Waals surface area contributed by atoms with E-state index in [2.05, 4.69) is 15.1 Å². The zero-order valence-corrected chi connectivity index (χ0v) is 15.4. The third kappa shape index (κ3) is 3.23. The van der Waals surface area contributed by atoms with E-state index < -0.39 is 11.8 Å². The molecule has 1 aliphatic carbocycles. The van der Waals surface area contributed by atoms with Crippen LogP contribution in [-0.4, -0.2) is 33.6 Å². The second kappa shape index (κ2) is 6.50. The molecule has 0 amide bonds. The van der Waals surface area contributed by atoms with Crippen LogP contribution in [0.15, 0.2) is 42.6 Å². The SMILES string of the molecule is Fc1ccc(C2CCN(c3ccn4c(CC5CC5(F)F)nnc4c3)CC2)cc1. The van der Waals surface area contributed by atoms with Gasteiger partial charge in [-0.3, -0.25) is 4.40 Å². The van der Waals surface area contributed by atoms with Crippen LogP contribution in [0.25, 0.3) is 5.65 Å². The molecule has 1 aromatic carbocycles. The molecule has 2 fully saturated rings. The van der Waals surface area contributed by atoms with Crippen molar-refractivity contribution in [2.75, 3.05) is 18.0 Å². The molecule has 1 atom stereocenters. The Kier molecular flexibility index (Phi) is 4.07. The van der Waals surface area contributed by atoms with E-state index in [1.165, 1.54) is 17.7 Å². The van der Waals surface area contributed by atoms with Crippen LogP contribution >= 0.6 is 0 Å². The first-order chi connectivity index (χ1) is 13.5. The largest absolute Gasteiger partial charge is 0.371 e. The quantitative estimate of drug-likeness (QED) is 0.664. The molecular weight excluding hydrogens is 365 g/mol. The lowest BCUT2D eigenvalue weighted by Crippen LogP contribution is -2.32. The molecule has 1 unspecified atom stereocenters. The minimum Gasteiger partial charge on any atom is -0.371 e. The average molecular weight is 386 g/mol. The van der Waals surface area contributed by atoms with E-state index in [1.807, 2.05) is 34.9 Å². The molecule has 2 aromatic heterocycles. The number of rotatable bonds is 4. The Labute approximate surface area is 161 Å². The summed E-state index contributed by atoms with van der Waals surface area (Å²) in [5, 5.41) is 8.30. The van der Waals surface area contributed by atoms with Crippen LogP contribution in [0, 0.1) is 11.7 Å². The zero-order chi connectivity index (χ0) is 19.3. The van der Waals surface area contributed by atoms with Crippen molar-refractivity contribution < 1.29 is 13.2 Å². The predicted octanol–water partition coefficient (Wildman–Crippen LogP) is 4.45. The molecule has 3 heterocycles. The Hall–Kier alpha value is -2.57. The van der Waals surface area contributed by atoms with Gasteiger partial charge in [0.15, 0.2) is 5.65 Å². The number of pyridine rings is 1. The van der Waals surface area contributed by atoms with Gasteiger partial charge in [0.2, 0.25) is 0 Å². The lowest BCUT2D eigenvalue weighted by atomic mass is 9.89. The minimum atomic E-state index is -2.54. The summed E-state index contributed by atoms with van der Waals surface area (Å²) in [4.78, 5) is 2.31. The standard InChI is InChI=1S/C21H21F3N4/c22-17-3-1-14(2-4-17)15-5-8-27(9-6-15)18-7-10-28-19(25-26-20(28)12-18)11-16-13-21(16,23)24/h1-4,7,10,12,15-16H,5-6,8-9,11,13H2. The number of halogens is 3. The molecule has 28 heavy (non-hydrogen) atoms. The molecule has 1 saturated carbocycles. The fourth-order valence-electron chi connectivity index (χ4n) is 4.18. The Morgan fingerprint density at radius 2 is 1.75 bits per heavy atom. The normalized spacial score (nSPS) is 22.0. The Morgan fingerprint density at radius 3 is 2.43 bits per heavy atom. The molecule has 0 radical (unpaired) electrons. The van der Waals surface area contributed by atoms with Gasteiger partial charge in [0, 0.05) is 49.8 Å². The Balaban J connectivity index is 1.27. The Bertz CT molecular complexity index is 991. The fraction of sp³-hybridized carbons (Fsp3) is 0.429. The molecule has 1 aliphatic heterocycles. The van der Waals surface area contributed by atoms with Crippen molar-refractivity contribution in [3.05, 3.63) is 59.8 Å². The number of piperidine rings is 1. The number of alkyl halides is 2. The molecule has 3 aromatic rings. The molecule has 0 spiro atoms. The van der Waals surface area contributed by atoms with E-state index in [4.69, 9.17) is 0 Å². The van der Waals surface area contributed by atoms with Crippen molar-refractivity contribution in [1.82, 2.24) is 14.6 Å². The van der Waals surface area contributed by atoms with Gasteiger partial charge in [0.25, 0.3) is 5.92 Å². The highest BCUT2D eigenvalue weighted by atomic mass is 19.3. The van der Waals surface area contributed by atoms with Crippen molar-refractivity contribution in [3.8, 4) is 0 Å². The maximum absolute atomic E-state index is 13.2. The van der Waals surface area contributed by atoms with Gasteiger partial charge >= 0.3 is 0 Å². The molecule has 1 saturated heterocycles. The first-order valence-corrected chi connectivity index (χ1v) is 9.71. The summed E-state index contributed by atoms with van der Waals surface area (Å²) in [7, 11) is 0. The third-order valence-electron chi connectivity index (χ3n) is 6.05. The van der Waals surface area contributed by atoms with E-state index in [0.717, 1.165) is 31.6 Å². The third-order valence-corrected chi connectivity index (χ3v) is 6.05. The molecule has 0 bridgehead atoms. The summed E-state index contributed by atoms with van der Waals surface area (Å²) < 4.78 is 41.3.